The summed E-state index contributed by atoms with van der Waals surface area (Å²) >= 11 is 0. The van der Waals surface area contributed by atoms with Crippen LogP contribution < -0.4 is 4.74 Å². The predicted octanol–water partition coefficient (Wildman–Crippen LogP) is 5.90. The van der Waals surface area contributed by atoms with E-state index >= 15 is 0 Å². The van der Waals surface area contributed by atoms with Gasteiger partial charge in [0, 0.05) is 0 Å². The standard InChI is InChI=1S/C14H14O3.2C2H6/c1-3-8-12(9-4-2)16-14(15)17-13-10-6-5-7-11-13;2*1-2/h3-11H,1H2,2H3;2*1-2H3/b9-4-,12-8+;;. The number of carbonyl (C=O) groups excluding carboxylic acids is 1. The maximum Gasteiger partial charge on any atom is 0.519 e. The Morgan fingerprint density at radius 3 is 2.14 bits per heavy atom. The fourth-order valence-corrected chi connectivity index (χ4v) is 1.11. The normalized spacial score (nSPS) is 9.67. The number of para-hydroxylation sites is 1. The Bertz CT molecular complexity index is 431. The fourth-order valence-electron chi connectivity index (χ4n) is 1.11. The highest BCUT2D eigenvalue weighted by molar-refractivity contribution is 5.65. The monoisotopic (exact) mass is 290 g/mol. The fraction of sp³-hybridized carbons (Fsp3) is 0.278. The molecule has 0 heterocycles. The molecule has 1 rings (SSSR count). The third-order valence-corrected chi connectivity index (χ3v) is 1.76. The van der Waals surface area contributed by atoms with Crippen molar-refractivity contribution in [3.63, 3.8) is 0 Å². The van der Waals surface area contributed by atoms with Crippen LogP contribution in [0.15, 0.2) is 67.0 Å². The number of carbonyl (C=O) groups is 1. The SMILES string of the molecule is C=C/C=C(\C=C/C)OC(=O)Oc1ccccc1.CC.CC. The van der Waals surface area contributed by atoms with Crippen LogP contribution >= 0.6 is 0 Å². The van der Waals surface area contributed by atoms with Gasteiger partial charge in [0.25, 0.3) is 0 Å². The molecular formula is C18H26O3. The van der Waals surface area contributed by atoms with Crippen molar-refractivity contribution >= 4 is 6.16 Å². The van der Waals surface area contributed by atoms with Gasteiger partial charge >= 0.3 is 6.16 Å². The molecule has 0 saturated carbocycles. The van der Waals surface area contributed by atoms with Gasteiger partial charge in [0.05, 0.1) is 0 Å². The van der Waals surface area contributed by atoms with E-state index in [0.717, 1.165) is 0 Å². The lowest BCUT2D eigenvalue weighted by Crippen LogP contribution is -2.09. The molecule has 0 fully saturated rings. The molecule has 0 amide bonds. The van der Waals surface area contributed by atoms with E-state index in [0.29, 0.717) is 11.5 Å². The lowest BCUT2D eigenvalue weighted by atomic mass is 10.3. The van der Waals surface area contributed by atoms with Gasteiger partial charge in [-0.3, -0.25) is 0 Å². The molecule has 0 atom stereocenters. The van der Waals surface area contributed by atoms with Crippen LogP contribution in [0, 0.1) is 0 Å². The van der Waals surface area contributed by atoms with Crippen molar-refractivity contribution in [3.8, 4) is 5.75 Å². The first-order valence-corrected chi connectivity index (χ1v) is 7.16. The van der Waals surface area contributed by atoms with Crippen LogP contribution in [0.25, 0.3) is 0 Å². The molecule has 0 aliphatic rings. The van der Waals surface area contributed by atoms with Crippen LogP contribution in [-0.2, 0) is 4.74 Å². The molecule has 0 aliphatic heterocycles. The molecule has 21 heavy (non-hydrogen) atoms. The van der Waals surface area contributed by atoms with E-state index in [1.165, 1.54) is 6.08 Å². The van der Waals surface area contributed by atoms with Crippen molar-refractivity contribution in [2.24, 2.45) is 0 Å². The third kappa shape index (κ3) is 11.3. The van der Waals surface area contributed by atoms with Gasteiger partial charge in [-0.05, 0) is 31.2 Å². The first-order chi connectivity index (χ1) is 10.3. The summed E-state index contributed by atoms with van der Waals surface area (Å²) in [4.78, 5) is 11.4. The highest BCUT2D eigenvalue weighted by Crippen LogP contribution is 2.11. The van der Waals surface area contributed by atoms with E-state index in [9.17, 15) is 4.79 Å². The quantitative estimate of drug-likeness (QED) is 0.300. The Morgan fingerprint density at radius 2 is 1.67 bits per heavy atom. The molecule has 3 nitrogen and oxygen atoms in total. The van der Waals surface area contributed by atoms with Crippen LogP contribution in [0.5, 0.6) is 5.75 Å². The van der Waals surface area contributed by atoms with Crippen molar-refractivity contribution < 1.29 is 14.3 Å². The second-order valence-corrected chi connectivity index (χ2v) is 3.07. The average molecular weight is 290 g/mol. The van der Waals surface area contributed by atoms with Gasteiger partial charge in [-0.15, -0.1) is 0 Å². The summed E-state index contributed by atoms with van der Waals surface area (Å²) in [6.07, 6.45) is 5.73. The van der Waals surface area contributed by atoms with Gasteiger partial charge in [0.2, 0.25) is 0 Å². The van der Waals surface area contributed by atoms with Crippen LogP contribution in [-0.4, -0.2) is 6.16 Å². The van der Waals surface area contributed by atoms with Crippen LogP contribution in [0.2, 0.25) is 0 Å². The Kier molecular flexibility index (Phi) is 15.8. The predicted molar refractivity (Wildman–Crippen MR) is 89.3 cm³/mol. The van der Waals surface area contributed by atoms with Crippen molar-refractivity contribution in [1.29, 1.82) is 0 Å². The molecule has 3 heteroatoms. The second-order valence-electron chi connectivity index (χ2n) is 3.07. The number of benzene rings is 1. The molecular weight excluding hydrogens is 264 g/mol. The summed E-state index contributed by atoms with van der Waals surface area (Å²) in [6, 6.07) is 8.73. The van der Waals surface area contributed by atoms with E-state index in [-0.39, 0.29) is 0 Å². The van der Waals surface area contributed by atoms with Crippen LogP contribution in [0.3, 0.4) is 0 Å². The smallest absolute Gasteiger partial charge is 0.395 e. The zero-order chi connectivity index (χ0) is 16.5. The third-order valence-electron chi connectivity index (χ3n) is 1.76. The summed E-state index contributed by atoms with van der Waals surface area (Å²) in [5.74, 6) is 0.819. The molecule has 0 aromatic heterocycles. The zero-order valence-corrected chi connectivity index (χ0v) is 13.6. The van der Waals surface area contributed by atoms with Gasteiger partial charge in [-0.25, -0.2) is 4.79 Å². The molecule has 0 N–H and O–H groups in total. The van der Waals surface area contributed by atoms with Gasteiger partial charge in [-0.2, -0.15) is 0 Å². The number of hydrogen-bond acceptors (Lipinski definition) is 3. The number of rotatable bonds is 4. The summed E-state index contributed by atoms with van der Waals surface area (Å²) < 4.78 is 9.94. The van der Waals surface area contributed by atoms with Gasteiger partial charge in [-0.1, -0.05) is 64.6 Å². The van der Waals surface area contributed by atoms with Crippen molar-refractivity contribution in [2.45, 2.75) is 34.6 Å². The lowest BCUT2D eigenvalue weighted by molar-refractivity contribution is 0.129. The summed E-state index contributed by atoms with van der Waals surface area (Å²) in [5, 5.41) is 0. The maximum absolute atomic E-state index is 11.4. The van der Waals surface area contributed by atoms with Crippen LogP contribution in [0.4, 0.5) is 4.79 Å². The van der Waals surface area contributed by atoms with E-state index in [4.69, 9.17) is 9.47 Å². The van der Waals surface area contributed by atoms with Crippen molar-refractivity contribution in [1.82, 2.24) is 0 Å². The van der Waals surface area contributed by atoms with E-state index in [1.807, 2.05) is 40.7 Å². The lowest BCUT2D eigenvalue weighted by Gasteiger charge is -2.05. The van der Waals surface area contributed by atoms with Crippen molar-refractivity contribution in [3.05, 3.63) is 67.0 Å². The topological polar surface area (TPSA) is 35.5 Å². The maximum atomic E-state index is 11.4. The highest BCUT2D eigenvalue weighted by atomic mass is 16.7. The van der Waals surface area contributed by atoms with E-state index in [2.05, 4.69) is 6.58 Å². The second kappa shape index (κ2) is 15.8. The molecule has 1 aromatic carbocycles. The average Bonchev–Trinajstić information content (AvgIpc) is 2.52. The highest BCUT2D eigenvalue weighted by Gasteiger charge is 2.07. The first kappa shape index (κ1) is 21.0. The van der Waals surface area contributed by atoms with Crippen LogP contribution in [0.1, 0.15) is 34.6 Å². The summed E-state index contributed by atoms with van der Waals surface area (Å²) in [6.45, 7) is 13.4. The summed E-state index contributed by atoms with van der Waals surface area (Å²) in [5.41, 5.74) is 0. The van der Waals surface area contributed by atoms with E-state index in [1.54, 1.807) is 42.5 Å². The molecule has 0 spiro atoms. The largest absolute Gasteiger partial charge is 0.519 e. The van der Waals surface area contributed by atoms with Gasteiger partial charge in [0.15, 0.2) is 0 Å². The molecule has 116 valence electrons. The molecule has 0 radical (unpaired) electrons. The van der Waals surface area contributed by atoms with Gasteiger partial charge < -0.3 is 9.47 Å². The Morgan fingerprint density at radius 1 is 1.10 bits per heavy atom. The molecule has 1 aromatic rings. The number of allylic oxidation sites excluding steroid dienone is 4. The number of ether oxygens (including phenoxy) is 2. The minimum atomic E-state index is -0.776. The van der Waals surface area contributed by atoms with Crippen molar-refractivity contribution in [2.75, 3.05) is 0 Å². The molecule has 0 bridgehead atoms. The minimum absolute atomic E-state index is 0.378. The zero-order valence-electron chi connectivity index (χ0n) is 13.6. The first-order valence-electron chi connectivity index (χ1n) is 7.16. The number of hydrogen-bond donors (Lipinski definition) is 0. The Hall–Kier alpha value is -2.29. The summed E-state index contributed by atoms with van der Waals surface area (Å²) in [7, 11) is 0. The molecule has 0 aliphatic carbocycles. The Balaban J connectivity index is 0. The molecule has 0 unspecified atom stereocenters. The minimum Gasteiger partial charge on any atom is -0.395 e. The molecule has 0 saturated heterocycles. The van der Waals surface area contributed by atoms with E-state index < -0.39 is 6.16 Å². The Labute approximate surface area is 128 Å². The van der Waals surface area contributed by atoms with Gasteiger partial charge in [0.1, 0.15) is 11.5 Å².